The number of para-hydroxylation sites is 4. The largest absolute Gasteiger partial charge is 0.309 e. The summed E-state index contributed by atoms with van der Waals surface area (Å²) < 4.78 is 2.47. The van der Waals surface area contributed by atoms with Crippen LogP contribution in [0.2, 0.25) is 0 Å². The second-order valence-corrected chi connectivity index (χ2v) is 15.2. The first kappa shape index (κ1) is 35.2. The number of hydrogen-bond acceptors (Lipinski definition) is 1. The van der Waals surface area contributed by atoms with Crippen LogP contribution in [0.25, 0.3) is 82.8 Å². The van der Waals surface area contributed by atoms with E-state index in [9.17, 15) is 0 Å². The van der Waals surface area contributed by atoms with E-state index in [2.05, 4.69) is 252 Å². The van der Waals surface area contributed by atoms with E-state index in [4.69, 9.17) is 0 Å². The van der Waals surface area contributed by atoms with Gasteiger partial charge in [-0.2, -0.15) is 0 Å². The molecule has 60 heavy (non-hydrogen) atoms. The second-order valence-electron chi connectivity index (χ2n) is 15.2. The summed E-state index contributed by atoms with van der Waals surface area (Å²) in [7, 11) is 0. The minimum atomic E-state index is 1.10. The monoisotopic (exact) mass is 764 g/mol. The highest BCUT2D eigenvalue weighted by atomic mass is 15.1. The van der Waals surface area contributed by atoms with Crippen LogP contribution in [0.4, 0.5) is 17.1 Å². The fourth-order valence-corrected chi connectivity index (χ4v) is 9.20. The number of nitrogens with zero attached hydrogens (tertiary/aromatic N) is 2. The molecule has 0 bridgehead atoms. The summed E-state index contributed by atoms with van der Waals surface area (Å²) in [6, 6.07) is 87.9. The maximum atomic E-state index is 2.50. The lowest BCUT2D eigenvalue weighted by atomic mass is 9.94. The summed E-state index contributed by atoms with van der Waals surface area (Å²) in [5, 5.41) is 4.85. The molecule has 0 aliphatic rings. The van der Waals surface area contributed by atoms with Crippen molar-refractivity contribution in [3.63, 3.8) is 0 Å². The van der Waals surface area contributed by atoms with E-state index in [1.807, 2.05) is 0 Å². The standard InChI is InChI=1S/C58H40N2/c1-5-21-41(22-6-1)45-39-40-55(49-31-14-13-30-48(45)49)60(53-36-17-15-29-46(53)42-23-7-2-8-24-42)54-37-18-16-32-50(54)51-34-19-35-52-57-47(43-25-9-3-10-26-43)33-20-38-56(57)59(58(51)52)44-27-11-4-12-28-44/h1-40H. The Hall–Kier alpha value is -7.94. The molecule has 0 saturated carbocycles. The van der Waals surface area contributed by atoms with Crippen LogP contribution in [0.3, 0.4) is 0 Å². The summed E-state index contributed by atoms with van der Waals surface area (Å²) in [5.41, 5.74) is 16.3. The van der Waals surface area contributed by atoms with Crippen molar-refractivity contribution in [2.24, 2.45) is 0 Å². The van der Waals surface area contributed by atoms with Crippen molar-refractivity contribution in [3.8, 4) is 50.2 Å². The molecule has 2 heteroatoms. The number of fused-ring (bicyclic) bond motifs is 4. The Balaban J connectivity index is 1.24. The van der Waals surface area contributed by atoms with Gasteiger partial charge in [0, 0.05) is 38.5 Å². The predicted molar refractivity (Wildman–Crippen MR) is 255 cm³/mol. The van der Waals surface area contributed by atoms with Crippen LogP contribution in [0.5, 0.6) is 0 Å². The van der Waals surface area contributed by atoms with Gasteiger partial charge in [0.05, 0.1) is 28.1 Å². The van der Waals surface area contributed by atoms with Gasteiger partial charge in [-0.3, -0.25) is 0 Å². The van der Waals surface area contributed by atoms with Gasteiger partial charge in [-0.05, 0) is 69.6 Å². The molecule has 0 spiro atoms. The quantitative estimate of drug-likeness (QED) is 0.150. The third kappa shape index (κ3) is 5.97. The van der Waals surface area contributed by atoms with E-state index >= 15 is 0 Å². The molecule has 0 fully saturated rings. The third-order valence-electron chi connectivity index (χ3n) is 11.8. The van der Waals surface area contributed by atoms with Crippen molar-refractivity contribution in [2.45, 2.75) is 0 Å². The molecule has 0 aliphatic heterocycles. The molecule has 0 aliphatic carbocycles. The molecular weight excluding hydrogens is 725 g/mol. The molecule has 0 saturated heterocycles. The van der Waals surface area contributed by atoms with E-state index in [0.29, 0.717) is 0 Å². The van der Waals surface area contributed by atoms with Gasteiger partial charge in [0.1, 0.15) is 0 Å². The molecule has 282 valence electrons. The lowest BCUT2D eigenvalue weighted by molar-refractivity contribution is 1.18. The molecule has 0 radical (unpaired) electrons. The number of hydrogen-bond donors (Lipinski definition) is 0. The molecule has 0 unspecified atom stereocenters. The zero-order valence-electron chi connectivity index (χ0n) is 33.0. The topological polar surface area (TPSA) is 8.17 Å². The van der Waals surface area contributed by atoms with Crippen LogP contribution < -0.4 is 4.90 Å². The first-order valence-corrected chi connectivity index (χ1v) is 20.6. The van der Waals surface area contributed by atoms with Crippen LogP contribution in [0.15, 0.2) is 243 Å². The van der Waals surface area contributed by atoms with Gasteiger partial charge in [-0.25, -0.2) is 0 Å². The predicted octanol–water partition coefficient (Wildman–Crippen LogP) is 16.1. The summed E-state index contributed by atoms with van der Waals surface area (Å²) in [6.45, 7) is 0. The van der Waals surface area contributed by atoms with Crippen molar-refractivity contribution in [3.05, 3.63) is 243 Å². The van der Waals surface area contributed by atoms with Gasteiger partial charge in [-0.1, -0.05) is 206 Å². The molecule has 1 heterocycles. The zero-order valence-corrected chi connectivity index (χ0v) is 33.0. The Kier molecular flexibility index (Phi) is 8.87. The highest BCUT2D eigenvalue weighted by molar-refractivity contribution is 6.20. The lowest BCUT2D eigenvalue weighted by Crippen LogP contribution is -2.13. The highest BCUT2D eigenvalue weighted by Crippen LogP contribution is 2.50. The fraction of sp³-hybridized carbons (Fsp3) is 0. The van der Waals surface area contributed by atoms with Gasteiger partial charge in [0.25, 0.3) is 0 Å². The van der Waals surface area contributed by atoms with Crippen molar-refractivity contribution in [1.29, 1.82) is 0 Å². The maximum Gasteiger partial charge on any atom is 0.0620 e. The Labute approximate surface area is 350 Å². The summed E-state index contributed by atoms with van der Waals surface area (Å²) in [5.74, 6) is 0. The Morgan fingerprint density at radius 3 is 1.42 bits per heavy atom. The van der Waals surface area contributed by atoms with Crippen LogP contribution in [0, 0.1) is 0 Å². The Morgan fingerprint density at radius 1 is 0.267 bits per heavy atom. The SMILES string of the molecule is c1ccc(-c2ccccc2N(c2ccccc2-c2cccc3c4c(-c5ccccc5)cccc4n(-c4ccccc4)c23)c2ccc(-c3ccccc3)c3ccccc23)cc1. The number of rotatable bonds is 8. The van der Waals surface area contributed by atoms with Gasteiger partial charge in [0.2, 0.25) is 0 Å². The molecular formula is C58H40N2. The number of aromatic nitrogens is 1. The van der Waals surface area contributed by atoms with Crippen LogP contribution in [-0.2, 0) is 0 Å². The van der Waals surface area contributed by atoms with Crippen molar-refractivity contribution >= 4 is 49.6 Å². The molecule has 0 amide bonds. The van der Waals surface area contributed by atoms with E-state index < -0.39 is 0 Å². The molecule has 2 nitrogen and oxygen atoms in total. The first-order chi connectivity index (χ1) is 29.8. The smallest absolute Gasteiger partial charge is 0.0620 e. The van der Waals surface area contributed by atoms with Gasteiger partial charge in [-0.15, -0.1) is 0 Å². The van der Waals surface area contributed by atoms with Crippen LogP contribution >= 0.6 is 0 Å². The molecule has 1 aromatic heterocycles. The van der Waals surface area contributed by atoms with E-state index in [1.165, 1.54) is 60.4 Å². The van der Waals surface area contributed by atoms with Gasteiger partial charge in [0.15, 0.2) is 0 Å². The number of benzene rings is 10. The van der Waals surface area contributed by atoms with Crippen molar-refractivity contribution < 1.29 is 0 Å². The average molecular weight is 765 g/mol. The second kappa shape index (κ2) is 15.1. The Morgan fingerprint density at radius 2 is 0.733 bits per heavy atom. The summed E-state index contributed by atoms with van der Waals surface area (Å²) in [4.78, 5) is 2.50. The molecule has 11 aromatic rings. The van der Waals surface area contributed by atoms with E-state index in [1.54, 1.807) is 0 Å². The normalized spacial score (nSPS) is 11.3. The van der Waals surface area contributed by atoms with Crippen LogP contribution in [-0.4, -0.2) is 4.57 Å². The minimum Gasteiger partial charge on any atom is -0.309 e. The lowest BCUT2D eigenvalue weighted by Gasteiger charge is -2.31. The van der Waals surface area contributed by atoms with Crippen LogP contribution in [0.1, 0.15) is 0 Å². The molecule has 0 N–H and O–H groups in total. The summed E-state index contributed by atoms with van der Waals surface area (Å²) >= 11 is 0. The third-order valence-corrected chi connectivity index (χ3v) is 11.8. The fourth-order valence-electron chi connectivity index (χ4n) is 9.20. The van der Waals surface area contributed by atoms with Crippen molar-refractivity contribution in [2.75, 3.05) is 4.90 Å². The average Bonchev–Trinajstić information content (AvgIpc) is 3.68. The highest BCUT2D eigenvalue weighted by Gasteiger charge is 2.25. The van der Waals surface area contributed by atoms with Crippen molar-refractivity contribution in [1.82, 2.24) is 4.57 Å². The minimum absolute atomic E-state index is 1.10. The van der Waals surface area contributed by atoms with E-state index in [-0.39, 0.29) is 0 Å². The number of anilines is 3. The summed E-state index contributed by atoms with van der Waals surface area (Å²) in [6.07, 6.45) is 0. The first-order valence-electron chi connectivity index (χ1n) is 20.6. The molecule has 0 atom stereocenters. The van der Waals surface area contributed by atoms with E-state index in [0.717, 1.165) is 39.4 Å². The molecule has 10 aromatic carbocycles. The molecule has 11 rings (SSSR count). The Bertz CT molecular complexity index is 3300. The zero-order chi connectivity index (χ0) is 39.8. The van der Waals surface area contributed by atoms with Gasteiger partial charge >= 0.3 is 0 Å². The van der Waals surface area contributed by atoms with Gasteiger partial charge < -0.3 is 9.47 Å². The maximum absolute atomic E-state index is 2.50.